The molecular formula is C116H142O18P6. The van der Waals surface area contributed by atoms with Crippen LogP contribution in [0.1, 0.15) is 223 Å². The highest BCUT2D eigenvalue weighted by atomic mass is 31.1. The van der Waals surface area contributed by atoms with Gasteiger partial charge >= 0.3 is 0 Å². The Labute approximate surface area is 842 Å². The summed E-state index contributed by atoms with van der Waals surface area (Å²) in [5.74, 6) is 5.61. The molecule has 0 aromatic heterocycles. The number of carbonyl (C=O) groups is 6. The predicted molar refractivity (Wildman–Crippen MR) is 592 cm³/mol. The number of ketones is 6. The largest absolute Gasteiger partial charge is 0.467 e. The maximum absolute atomic E-state index is 12.1. The third-order valence-electron chi connectivity index (χ3n) is 21.7. The van der Waals surface area contributed by atoms with E-state index in [9.17, 15) is 28.8 Å². The molecule has 24 heteroatoms. The second-order valence-corrected chi connectivity index (χ2v) is 44.4. The molecule has 0 N–H and O–H groups in total. The number of hydrogen-bond donors (Lipinski definition) is 0. The summed E-state index contributed by atoms with van der Waals surface area (Å²) >= 11 is 0. The van der Waals surface area contributed by atoms with Crippen LogP contribution in [0.5, 0.6) is 34.5 Å². The van der Waals surface area contributed by atoms with Crippen LogP contribution in [0.4, 0.5) is 0 Å². The van der Waals surface area contributed by atoms with Gasteiger partial charge in [-0.1, -0.05) is 265 Å². The normalized spacial score (nSPS) is 11.4. The van der Waals surface area contributed by atoms with Gasteiger partial charge in [-0.25, -0.2) is 0 Å². The number of aryl methyl sites for hydroxylation is 12. The average Bonchev–Trinajstić information content (AvgIpc) is 0.791. The van der Waals surface area contributed by atoms with Gasteiger partial charge in [0.05, 0.1) is 0 Å². The Balaban J connectivity index is 0.000000229. The first-order valence-electron chi connectivity index (χ1n) is 46.1. The van der Waals surface area contributed by atoms with Crippen LogP contribution in [0.15, 0.2) is 206 Å². The highest BCUT2D eigenvalue weighted by Crippen LogP contribution is 2.37. The van der Waals surface area contributed by atoms with Crippen molar-refractivity contribution in [2.75, 3.05) is 83.4 Å². The minimum Gasteiger partial charge on any atom is -0.467 e. The van der Waals surface area contributed by atoms with Gasteiger partial charge in [-0.3, -0.25) is 28.8 Å². The molecule has 0 aliphatic carbocycles. The van der Waals surface area contributed by atoms with Crippen molar-refractivity contribution in [1.29, 1.82) is 0 Å². The lowest BCUT2D eigenvalue weighted by molar-refractivity contribution is 0.0505. The van der Waals surface area contributed by atoms with Crippen LogP contribution < -0.4 is 92.1 Å². The van der Waals surface area contributed by atoms with Crippen molar-refractivity contribution < 1.29 is 85.6 Å². The van der Waals surface area contributed by atoms with Crippen molar-refractivity contribution in [2.24, 2.45) is 0 Å². The SMILES string of the molecule is COCOc1c(C)cc(C(C)(C)C)cc1Pc1ccc(C)cc1C(C)=O.COCOc1c(C)cc(C)cc1Pc1ccc(C)cc1C(C)=O.COCOc1c(C)cccc1Pc1ccc(C)cc1C(C)=O.COCOc1c(Pc2ccc(C)cc2C(C)=O)cc(C)cc1C(C)(C)C.COCOc1ccc(C)cc1Pc1ccc(C)cc1C(C)=O.COCOc1ccccc1Pc1ccc(C)cc1C(C)=O. The third-order valence-corrected chi connectivity index (χ3v) is 29.9. The first kappa shape index (κ1) is 117. The lowest BCUT2D eigenvalue weighted by atomic mass is 9.85. The fourth-order valence-corrected chi connectivity index (χ4v) is 23.3. The van der Waals surface area contributed by atoms with Gasteiger partial charge in [0.2, 0.25) is 0 Å². The molecule has 140 heavy (non-hydrogen) atoms. The van der Waals surface area contributed by atoms with E-state index in [0.717, 1.165) is 187 Å². The molecule has 0 saturated heterocycles. The van der Waals surface area contributed by atoms with Crippen molar-refractivity contribution >= 4 is 150 Å². The van der Waals surface area contributed by atoms with Crippen LogP contribution in [0.25, 0.3) is 0 Å². The summed E-state index contributed by atoms with van der Waals surface area (Å²) in [6, 6.07) is 69.2. The highest BCUT2D eigenvalue weighted by molar-refractivity contribution is 7.57. The maximum atomic E-state index is 12.1. The summed E-state index contributed by atoms with van der Waals surface area (Å²) in [4.78, 5) is 71.8. The number of Topliss-reactive ketones (excluding diaryl/α,β-unsaturated/α-hetero) is 6. The van der Waals surface area contributed by atoms with Gasteiger partial charge in [0.1, 0.15) is 34.5 Å². The Hall–Kier alpha value is -10.2. The van der Waals surface area contributed by atoms with Crippen LogP contribution in [-0.2, 0) is 39.3 Å². The number of methoxy groups -OCH3 is 6. The molecule has 0 aliphatic rings. The van der Waals surface area contributed by atoms with E-state index in [1.54, 1.807) is 84.2 Å². The quantitative estimate of drug-likeness (QED) is 0.0203. The molecule has 0 fully saturated rings. The molecule has 12 aromatic rings. The first-order chi connectivity index (χ1) is 66.3. The van der Waals surface area contributed by atoms with Crippen molar-refractivity contribution in [3.8, 4) is 34.5 Å². The van der Waals surface area contributed by atoms with E-state index in [-0.39, 0.29) is 86.3 Å². The lowest BCUT2D eigenvalue weighted by Crippen LogP contribution is -2.21. The smallest absolute Gasteiger partial charge is 0.188 e. The minimum atomic E-state index is -0.0506. The number of rotatable bonds is 36. The van der Waals surface area contributed by atoms with Gasteiger partial charge in [-0.15, -0.1) is 0 Å². The van der Waals surface area contributed by atoms with Crippen molar-refractivity contribution in [3.05, 3.63) is 318 Å². The number of ether oxygens (including phenoxy) is 12. The fraction of sp³-hybridized carbons (Fsp3) is 0.328. The molecule has 12 rings (SSSR count). The minimum absolute atomic E-state index is 0.0421. The molecule has 0 aliphatic heterocycles. The van der Waals surface area contributed by atoms with Crippen molar-refractivity contribution in [1.82, 2.24) is 0 Å². The second-order valence-electron chi connectivity index (χ2n) is 36.5. The molecule has 744 valence electrons. The van der Waals surface area contributed by atoms with Gasteiger partial charge in [-0.05, 0) is 273 Å². The molecule has 6 atom stereocenters. The maximum Gasteiger partial charge on any atom is 0.188 e. The second kappa shape index (κ2) is 57.2. The highest BCUT2D eigenvalue weighted by Gasteiger charge is 2.26. The van der Waals surface area contributed by atoms with Gasteiger partial charge in [0.15, 0.2) is 75.5 Å². The zero-order valence-corrected chi connectivity index (χ0v) is 93.2. The zero-order chi connectivity index (χ0) is 103. The topological polar surface area (TPSA) is 213 Å². The van der Waals surface area contributed by atoms with Gasteiger partial charge in [0, 0.05) is 113 Å². The predicted octanol–water partition coefficient (Wildman–Crippen LogP) is 21.3. The van der Waals surface area contributed by atoms with Crippen LogP contribution in [-0.4, -0.2) is 118 Å². The van der Waals surface area contributed by atoms with E-state index >= 15 is 0 Å². The van der Waals surface area contributed by atoms with Crippen LogP contribution in [0.3, 0.4) is 0 Å². The molecule has 0 radical (unpaired) electrons. The van der Waals surface area contributed by atoms with Crippen LogP contribution in [0.2, 0.25) is 0 Å². The number of carbonyl (C=O) groups excluding carboxylic acids is 6. The standard InChI is InChI=1S/2C22H29O3P.C19H23O3P.2C18H21O3P.C17H19O3P/c1-14-8-9-19(18(10-14)16(3)23)26-20-12-17(22(4,5)6)11-15(2)21(20)25-13-24-7;1-14-8-9-19(17(10-14)16(3)23)26-20-12-15(2)11-18(22(4,5)6)21(20)25-13-24-7;1-12-6-7-17(16(9-12)15(4)20)23-18-10-13(2)8-14(3)19(18)22-11-21-5;1-12-6-8-17(15(9-12)14(3)19)22-18-10-13(2)5-7-16(18)21-11-20-4;1-12-8-9-16(15(10-12)14(3)19)22-17-7-5-6-13(2)18(17)21-11-20-4;1-12-8-9-16(14(10-12)13(2)18)21-17-7-5-4-6-15(17)20-11-19-3/h2*8-12,26H,13H2,1-7H3;6-10,23H,11H2,1-5H3;2*5-10,22H,11H2,1-4H3;4-10,21H,11H2,1-3H3. The molecule has 12 aromatic carbocycles. The lowest BCUT2D eigenvalue weighted by Gasteiger charge is -2.26. The molecule has 0 saturated carbocycles. The Kier molecular flexibility index (Phi) is 47.7. The zero-order valence-electron chi connectivity index (χ0n) is 87.2. The van der Waals surface area contributed by atoms with Gasteiger partial charge in [0.25, 0.3) is 0 Å². The molecule has 0 bridgehead atoms. The summed E-state index contributed by atoms with van der Waals surface area (Å²) < 4.78 is 64.8. The van der Waals surface area contributed by atoms with E-state index in [1.165, 1.54) is 22.3 Å². The van der Waals surface area contributed by atoms with Crippen LogP contribution >= 0.6 is 51.5 Å². The summed E-state index contributed by atoms with van der Waals surface area (Å²) in [5.41, 5.74) is 20.5. The summed E-state index contributed by atoms with van der Waals surface area (Å²) in [6.45, 7) is 48.5. The molecular weight excluding hydrogens is 1870 g/mol. The van der Waals surface area contributed by atoms with E-state index in [2.05, 4.69) is 136 Å². The average molecular weight is 2010 g/mol. The molecule has 0 heterocycles. The molecule has 18 nitrogen and oxygen atoms in total. The van der Waals surface area contributed by atoms with E-state index in [4.69, 9.17) is 56.8 Å². The number of hydrogen-bond acceptors (Lipinski definition) is 18. The van der Waals surface area contributed by atoms with E-state index < -0.39 is 0 Å². The van der Waals surface area contributed by atoms with E-state index in [0.29, 0.717) is 51.5 Å². The third kappa shape index (κ3) is 36.3. The Morgan fingerprint density at radius 3 is 0.836 bits per heavy atom. The fourth-order valence-electron chi connectivity index (χ4n) is 14.8. The summed E-state index contributed by atoms with van der Waals surface area (Å²) in [6.07, 6.45) is 0. The Morgan fingerprint density at radius 1 is 0.221 bits per heavy atom. The Morgan fingerprint density at radius 2 is 0.486 bits per heavy atom. The van der Waals surface area contributed by atoms with Gasteiger partial charge in [-0.2, -0.15) is 0 Å². The molecule has 6 unspecified atom stereocenters. The van der Waals surface area contributed by atoms with E-state index in [1.807, 2.05) is 195 Å². The number of benzene rings is 12. The van der Waals surface area contributed by atoms with Crippen LogP contribution in [0, 0.1) is 83.1 Å². The first-order valence-corrected chi connectivity index (χ1v) is 52.1. The Bertz CT molecular complexity index is 6140. The van der Waals surface area contributed by atoms with Crippen molar-refractivity contribution in [2.45, 2.75) is 177 Å². The number of para-hydroxylation sites is 2. The van der Waals surface area contributed by atoms with Gasteiger partial charge < -0.3 is 56.8 Å². The summed E-state index contributed by atoms with van der Waals surface area (Å²) in [7, 11) is 11.8. The molecule has 0 spiro atoms. The monoisotopic (exact) mass is 2010 g/mol. The van der Waals surface area contributed by atoms with Crippen molar-refractivity contribution in [3.63, 3.8) is 0 Å². The molecule has 0 amide bonds. The summed E-state index contributed by atoms with van der Waals surface area (Å²) in [5, 5.41) is 12.9.